The predicted octanol–water partition coefficient (Wildman–Crippen LogP) is -1.46. The number of nitrogens with one attached hydrogen (secondary N) is 1. The summed E-state index contributed by atoms with van der Waals surface area (Å²) in [5.74, 6) is -1.19. The normalized spacial score (nSPS) is 23.9. The Hall–Kier alpha value is -1.26. The number of aliphatic hydroxyl groups is 2. The number of phosphoric acid groups is 3. The summed E-state index contributed by atoms with van der Waals surface area (Å²) in [6, 6.07) is 5.88. The Morgan fingerprint density at radius 2 is 1.47 bits per heavy atom. The number of benzene rings is 1. The van der Waals surface area contributed by atoms with E-state index < -0.39 is 60.6 Å². The summed E-state index contributed by atoms with van der Waals surface area (Å²) in [7, 11) is -14.8. The Morgan fingerprint density at radius 3 is 1.91 bits per heavy atom. The van der Waals surface area contributed by atoms with Crippen molar-refractivity contribution in [3.63, 3.8) is 0 Å². The minimum atomic E-state index is -5.05. The van der Waals surface area contributed by atoms with Crippen LogP contribution < -0.4 is 5.32 Å². The van der Waals surface area contributed by atoms with Gasteiger partial charge in [-0.15, -0.1) is 0 Å². The van der Waals surface area contributed by atoms with Crippen LogP contribution in [0, 0.1) is 0 Å². The highest BCUT2D eigenvalue weighted by Crippen LogP contribution is 2.53. The summed E-state index contributed by atoms with van der Waals surface area (Å²) in [4.78, 5) is 59.4. The Kier molecular flexibility index (Phi) is 10.1. The van der Waals surface area contributed by atoms with Gasteiger partial charge in [0.2, 0.25) is 0 Å². The lowest BCUT2D eigenvalue weighted by Gasteiger charge is -2.19. The maximum atomic E-state index is 11.1. The van der Waals surface area contributed by atoms with E-state index in [0.717, 1.165) is 0 Å². The molecule has 0 radical (unpaired) electrons. The number of phosphoric ester groups is 1. The zero-order valence-corrected chi connectivity index (χ0v) is 18.2. The first-order valence-electron chi connectivity index (χ1n) is 8.02. The number of carboxylic acid groups (broad SMARTS) is 1. The highest BCUT2D eigenvalue weighted by molar-refractivity contribution is 7.60. The Labute approximate surface area is 178 Å². The van der Waals surface area contributed by atoms with Crippen LogP contribution in [0.5, 0.6) is 0 Å². The Balaban J connectivity index is 0.000000482. The van der Waals surface area contributed by atoms with E-state index in [2.05, 4.69) is 14.2 Å². The molecule has 4 atom stereocenters. The van der Waals surface area contributed by atoms with Gasteiger partial charge in [-0.05, 0) is 12.1 Å². The highest BCUT2D eigenvalue weighted by atomic mass is 31.3. The fourth-order valence-corrected chi connectivity index (χ4v) is 3.71. The molecule has 1 aromatic rings. The molecule has 2 rings (SSSR count). The summed E-state index contributed by atoms with van der Waals surface area (Å²) < 4.78 is 42.4. The van der Waals surface area contributed by atoms with E-state index in [-0.39, 0.29) is 11.3 Å². The van der Waals surface area contributed by atoms with Crippen molar-refractivity contribution in [2.45, 2.75) is 24.5 Å². The zero-order chi connectivity index (χ0) is 24.9. The van der Waals surface area contributed by atoms with Crippen LogP contribution in [0.25, 0.3) is 0 Å². The molecule has 10 N–H and O–H groups in total. The van der Waals surface area contributed by atoms with Crippen LogP contribution >= 0.6 is 23.5 Å². The van der Waals surface area contributed by atoms with Crippen LogP contribution in [-0.4, -0.2) is 81.8 Å². The van der Waals surface area contributed by atoms with Crippen LogP contribution in [0.1, 0.15) is 10.4 Å². The molecule has 0 spiro atoms. The maximum absolute atomic E-state index is 11.1. The van der Waals surface area contributed by atoms with Crippen LogP contribution in [-0.2, 0) is 27.3 Å². The molecule has 184 valence electrons. The number of para-hydroxylation sites is 1. The van der Waals surface area contributed by atoms with Crippen LogP contribution in [0.4, 0.5) is 5.69 Å². The van der Waals surface area contributed by atoms with Gasteiger partial charge in [-0.1, -0.05) is 12.1 Å². The fourth-order valence-electron chi connectivity index (χ4n) is 2.26. The minimum absolute atomic E-state index is 0.0623. The third-order valence-electron chi connectivity index (χ3n) is 3.44. The number of rotatable bonds is 8. The second-order valence-electron chi connectivity index (χ2n) is 5.92. The summed E-state index contributed by atoms with van der Waals surface area (Å²) in [5, 5.41) is 31.4. The molecular formula is C12H20NO16P3. The summed E-state index contributed by atoms with van der Waals surface area (Å²) in [6.45, 7) is -0.638. The molecule has 1 aliphatic rings. The van der Waals surface area contributed by atoms with E-state index in [1.54, 1.807) is 6.07 Å². The predicted molar refractivity (Wildman–Crippen MR) is 101 cm³/mol. The summed E-state index contributed by atoms with van der Waals surface area (Å²) in [5.41, 5.74) is 0.0977. The number of hydrogen-bond acceptors (Lipinski definition) is 10. The van der Waals surface area contributed by atoms with Gasteiger partial charge in [-0.25, -0.2) is 18.5 Å². The SMILES string of the molecule is O=C(O)c1ccccc1NC1O[C@H](COP(=O)(O)O)[C@@H](O)[C@H]1O.O=P(O)(O)OP(=O)(O)O. The van der Waals surface area contributed by atoms with E-state index in [1.165, 1.54) is 18.2 Å². The molecule has 0 aliphatic carbocycles. The van der Waals surface area contributed by atoms with Crippen LogP contribution in [0.15, 0.2) is 24.3 Å². The molecule has 32 heavy (non-hydrogen) atoms. The molecular weight excluding hydrogens is 507 g/mol. The first-order valence-corrected chi connectivity index (χ1v) is 12.6. The fraction of sp³-hybridized carbons (Fsp3) is 0.417. The molecule has 0 amide bonds. The molecule has 1 unspecified atom stereocenters. The smallest absolute Gasteiger partial charge is 0.478 e. The van der Waals surface area contributed by atoms with E-state index in [4.69, 9.17) is 39.2 Å². The molecule has 1 aromatic carbocycles. The molecule has 20 heteroatoms. The monoisotopic (exact) mass is 527 g/mol. The number of aliphatic hydroxyl groups excluding tert-OH is 2. The van der Waals surface area contributed by atoms with Crippen molar-refractivity contribution in [1.29, 1.82) is 0 Å². The van der Waals surface area contributed by atoms with Gasteiger partial charge >= 0.3 is 29.4 Å². The first-order chi connectivity index (χ1) is 14.4. The number of ether oxygens (including phenoxy) is 1. The first kappa shape index (κ1) is 28.8. The van der Waals surface area contributed by atoms with Gasteiger partial charge in [0.15, 0.2) is 6.23 Å². The molecule has 0 aromatic heterocycles. The van der Waals surface area contributed by atoms with Crippen molar-refractivity contribution in [2.24, 2.45) is 0 Å². The van der Waals surface area contributed by atoms with E-state index >= 15 is 0 Å². The van der Waals surface area contributed by atoms with Crippen molar-refractivity contribution in [1.82, 2.24) is 0 Å². The van der Waals surface area contributed by atoms with Gasteiger partial charge in [0.05, 0.1) is 17.9 Å². The number of anilines is 1. The minimum Gasteiger partial charge on any atom is -0.478 e. The van der Waals surface area contributed by atoms with Crippen LogP contribution in [0.2, 0.25) is 0 Å². The Bertz CT molecular complexity index is 903. The Morgan fingerprint density at radius 1 is 0.938 bits per heavy atom. The van der Waals surface area contributed by atoms with E-state index in [9.17, 15) is 28.7 Å². The molecule has 0 bridgehead atoms. The van der Waals surface area contributed by atoms with Crippen molar-refractivity contribution in [2.75, 3.05) is 11.9 Å². The van der Waals surface area contributed by atoms with Gasteiger partial charge in [0, 0.05) is 0 Å². The van der Waals surface area contributed by atoms with E-state index in [0.29, 0.717) is 0 Å². The molecule has 1 heterocycles. The van der Waals surface area contributed by atoms with Crippen molar-refractivity contribution >= 4 is 35.1 Å². The number of hydrogen-bond donors (Lipinski definition) is 10. The quantitative estimate of drug-likeness (QED) is 0.173. The molecule has 1 saturated heterocycles. The van der Waals surface area contributed by atoms with Crippen molar-refractivity contribution in [3.8, 4) is 0 Å². The lowest BCUT2D eigenvalue weighted by Crippen LogP contribution is -2.37. The van der Waals surface area contributed by atoms with Crippen LogP contribution in [0.3, 0.4) is 0 Å². The zero-order valence-electron chi connectivity index (χ0n) is 15.6. The topological polar surface area (TPSA) is 290 Å². The lowest BCUT2D eigenvalue weighted by atomic mass is 10.1. The van der Waals surface area contributed by atoms with Crippen molar-refractivity contribution < 1.29 is 76.7 Å². The highest BCUT2D eigenvalue weighted by Gasteiger charge is 2.44. The maximum Gasteiger partial charge on any atom is 0.478 e. The molecule has 0 saturated carbocycles. The summed E-state index contributed by atoms with van der Waals surface area (Å²) in [6.07, 6.45) is -5.26. The van der Waals surface area contributed by atoms with Gasteiger partial charge in [0.25, 0.3) is 0 Å². The largest absolute Gasteiger partial charge is 0.478 e. The second kappa shape index (κ2) is 11.2. The number of carbonyl (C=O) groups is 1. The third kappa shape index (κ3) is 10.6. The lowest BCUT2D eigenvalue weighted by molar-refractivity contribution is -0.0151. The number of aromatic carboxylic acids is 1. The third-order valence-corrected chi connectivity index (χ3v) is 5.62. The van der Waals surface area contributed by atoms with Crippen molar-refractivity contribution in [3.05, 3.63) is 29.8 Å². The summed E-state index contributed by atoms with van der Waals surface area (Å²) >= 11 is 0. The second-order valence-corrected chi connectivity index (χ2v) is 9.78. The van der Waals surface area contributed by atoms with Gasteiger partial charge < -0.3 is 54.7 Å². The van der Waals surface area contributed by atoms with Gasteiger partial charge in [0.1, 0.15) is 18.3 Å². The standard InChI is InChI=1S/C12H16NO9P.H4O7P2/c14-9-8(5-21-23(18,19)20)22-11(10(9)15)13-7-4-2-1-3-6(7)12(16)17;1-8(2,3)7-9(4,5)6/h1-4,8-11,13-15H,5H2,(H,16,17)(H2,18,19,20);(H2,1,2,3)(H2,4,5,6)/t8-,9-,10-,11?;/m1./s1. The van der Waals surface area contributed by atoms with E-state index in [1.807, 2.05) is 0 Å². The van der Waals surface area contributed by atoms with Gasteiger partial charge in [-0.2, -0.15) is 4.31 Å². The molecule has 1 aliphatic heterocycles. The van der Waals surface area contributed by atoms with Gasteiger partial charge in [-0.3, -0.25) is 4.52 Å². The average Bonchev–Trinajstić information content (AvgIpc) is 2.85. The molecule has 1 fully saturated rings. The number of carboxylic acids is 1. The molecule has 17 nitrogen and oxygen atoms in total. The average molecular weight is 527 g/mol.